The number of nitrogens with zero attached hydrogens (tertiary/aromatic N) is 3. The number of carboxylic acids is 2. The van der Waals surface area contributed by atoms with E-state index in [1.807, 2.05) is 0 Å². The van der Waals surface area contributed by atoms with E-state index in [0.717, 1.165) is 11.8 Å². The molecule has 0 spiro atoms. The Morgan fingerprint density at radius 1 is 1.41 bits per heavy atom. The summed E-state index contributed by atoms with van der Waals surface area (Å²) in [5.74, 6) is -2.96. The van der Waals surface area contributed by atoms with Gasteiger partial charge in [0.15, 0.2) is 16.9 Å². The van der Waals surface area contributed by atoms with Gasteiger partial charge in [-0.15, -0.1) is 11.8 Å². The first-order chi connectivity index (χ1) is 12.7. The van der Waals surface area contributed by atoms with E-state index in [2.05, 4.69) is 31.9 Å². The zero-order valence-electron chi connectivity index (χ0n) is 14.1. The van der Waals surface area contributed by atoms with Gasteiger partial charge >= 0.3 is 11.9 Å². The number of hydrogen-bond acceptors (Lipinski definition) is 10. The second-order valence-electron chi connectivity index (χ2n) is 5.33. The second kappa shape index (κ2) is 8.90. The van der Waals surface area contributed by atoms with Gasteiger partial charge in [-0.3, -0.25) is 14.8 Å². The highest BCUT2D eigenvalue weighted by Crippen LogP contribution is 2.26. The molecule has 5 N–H and O–H groups in total. The number of aliphatic imine (C=N–C) groups is 2. The number of carbonyl (C=O) groups is 3. The fraction of sp³-hybridized carbons (Fsp3) is 0.429. The Hall–Kier alpha value is -2.54. The van der Waals surface area contributed by atoms with E-state index in [1.54, 1.807) is 0 Å². The summed E-state index contributed by atoms with van der Waals surface area (Å²) in [7, 11) is 1.24. The summed E-state index contributed by atoms with van der Waals surface area (Å²) in [5, 5.41) is 23.8. The molecule has 0 aromatic carbocycles. The summed E-state index contributed by atoms with van der Waals surface area (Å²) >= 11 is 2.29. The Balaban J connectivity index is 2.23. The fourth-order valence-electron chi connectivity index (χ4n) is 2.24. The van der Waals surface area contributed by atoms with Crippen molar-refractivity contribution in [3.63, 3.8) is 0 Å². The molecule has 0 aromatic heterocycles. The normalized spacial score (nSPS) is 23.9. The minimum absolute atomic E-state index is 0.135. The number of aliphatic carboxylic acids is 2. The first-order valence-corrected chi connectivity index (χ1v) is 9.49. The van der Waals surface area contributed by atoms with Crippen molar-refractivity contribution in [3.05, 3.63) is 12.2 Å². The van der Waals surface area contributed by atoms with Crippen molar-refractivity contribution in [2.75, 3.05) is 18.6 Å². The molecule has 0 aromatic rings. The van der Waals surface area contributed by atoms with Crippen LogP contribution >= 0.6 is 23.5 Å². The predicted octanol–water partition coefficient (Wildman–Crippen LogP) is -0.857. The molecule has 2 aliphatic rings. The molecule has 3 atom stereocenters. The van der Waals surface area contributed by atoms with Crippen LogP contribution in [-0.4, -0.2) is 80.7 Å². The molecule has 2 heterocycles. The largest absolute Gasteiger partial charge is 0.480 e. The zero-order chi connectivity index (χ0) is 20.1. The molecule has 146 valence electrons. The van der Waals surface area contributed by atoms with Gasteiger partial charge in [0.2, 0.25) is 0 Å². The monoisotopic (exact) mass is 415 g/mol. The predicted molar refractivity (Wildman–Crippen MR) is 102 cm³/mol. The SMILES string of the molecule is C=C1CS[C@H]([C@H](NC(=O)/C(=N/OC)C2CSC(N)=N2)C(=O)O)N=C1C(=O)O. The third kappa shape index (κ3) is 5.01. The maximum atomic E-state index is 12.6. The molecule has 13 heteroatoms. The van der Waals surface area contributed by atoms with Crippen LogP contribution in [0.4, 0.5) is 0 Å². The highest BCUT2D eigenvalue weighted by molar-refractivity contribution is 8.14. The number of hydrogen-bond donors (Lipinski definition) is 4. The average Bonchev–Trinajstić information content (AvgIpc) is 3.03. The summed E-state index contributed by atoms with van der Waals surface area (Å²) in [6.07, 6.45) is 0. The number of nitrogens with one attached hydrogen (secondary N) is 1. The number of carboxylic acid groups (broad SMARTS) is 2. The first kappa shape index (κ1) is 20.8. The fourth-order valence-corrected chi connectivity index (χ4v) is 4.07. The molecule has 0 saturated heterocycles. The molecule has 0 aliphatic carbocycles. The lowest BCUT2D eigenvalue weighted by Crippen LogP contribution is -2.52. The number of oxime groups is 1. The summed E-state index contributed by atoms with van der Waals surface area (Å²) in [4.78, 5) is 48.1. The van der Waals surface area contributed by atoms with Crippen molar-refractivity contribution in [2.45, 2.75) is 17.5 Å². The van der Waals surface area contributed by atoms with Crippen LogP contribution < -0.4 is 11.1 Å². The molecular formula is C14H17N5O6S2. The molecule has 2 aliphatic heterocycles. The van der Waals surface area contributed by atoms with E-state index in [0.29, 0.717) is 5.75 Å². The number of amides is 1. The smallest absolute Gasteiger partial charge is 0.354 e. The van der Waals surface area contributed by atoms with Crippen molar-refractivity contribution < 1.29 is 29.4 Å². The standard InChI is InChI=1S/C14H17N5O6S2/c1-5-3-26-11(18-7(5)12(21)22)9(13(23)24)17-10(20)8(19-25-2)6-4-27-14(15)16-6/h6,9,11H,1,3-4H2,2H3,(H2,15,16)(H,17,20)(H,21,22)(H,23,24)/b19-8+/t6?,9-,11+/m0/s1. The molecule has 0 fully saturated rings. The zero-order valence-corrected chi connectivity index (χ0v) is 15.7. The molecule has 0 radical (unpaired) electrons. The van der Waals surface area contributed by atoms with Crippen LogP contribution in [0.1, 0.15) is 0 Å². The Morgan fingerprint density at radius 2 is 2.11 bits per heavy atom. The van der Waals surface area contributed by atoms with Gasteiger partial charge in [-0.1, -0.05) is 23.5 Å². The van der Waals surface area contributed by atoms with E-state index in [9.17, 15) is 19.5 Å². The second-order valence-corrected chi connectivity index (χ2v) is 7.48. The molecule has 1 amide bonds. The lowest BCUT2D eigenvalue weighted by Gasteiger charge is -2.26. The van der Waals surface area contributed by atoms with Gasteiger partial charge in [0.25, 0.3) is 5.91 Å². The van der Waals surface area contributed by atoms with Crippen LogP contribution in [0, 0.1) is 0 Å². The highest BCUT2D eigenvalue weighted by atomic mass is 32.2. The Labute approximate surface area is 162 Å². The van der Waals surface area contributed by atoms with Crippen LogP contribution in [0.25, 0.3) is 0 Å². The van der Waals surface area contributed by atoms with Gasteiger partial charge in [0.1, 0.15) is 24.2 Å². The highest BCUT2D eigenvalue weighted by Gasteiger charge is 2.37. The summed E-state index contributed by atoms with van der Waals surface area (Å²) < 4.78 is 0. The minimum atomic E-state index is -1.48. The summed E-state index contributed by atoms with van der Waals surface area (Å²) in [5.41, 5.74) is 5.42. The first-order valence-electron chi connectivity index (χ1n) is 7.46. The van der Waals surface area contributed by atoms with Crippen LogP contribution in [0.15, 0.2) is 27.3 Å². The van der Waals surface area contributed by atoms with Crippen LogP contribution in [0.5, 0.6) is 0 Å². The lowest BCUT2D eigenvalue weighted by atomic mass is 10.1. The average molecular weight is 415 g/mol. The van der Waals surface area contributed by atoms with Crippen LogP contribution in [-0.2, 0) is 19.2 Å². The van der Waals surface area contributed by atoms with E-state index in [-0.39, 0.29) is 27.9 Å². The van der Waals surface area contributed by atoms with E-state index >= 15 is 0 Å². The molecular weight excluding hydrogens is 398 g/mol. The van der Waals surface area contributed by atoms with E-state index < -0.39 is 35.3 Å². The van der Waals surface area contributed by atoms with Crippen molar-refractivity contribution in [1.82, 2.24) is 5.32 Å². The van der Waals surface area contributed by atoms with Gasteiger partial charge in [-0.25, -0.2) is 9.59 Å². The molecule has 0 saturated carbocycles. The third-order valence-corrected chi connectivity index (χ3v) is 5.59. The van der Waals surface area contributed by atoms with Crippen LogP contribution in [0.2, 0.25) is 0 Å². The summed E-state index contributed by atoms with van der Waals surface area (Å²) in [6.45, 7) is 3.60. The topological polar surface area (TPSA) is 176 Å². The maximum Gasteiger partial charge on any atom is 0.354 e. The lowest BCUT2D eigenvalue weighted by molar-refractivity contribution is -0.141. The Bertz CT molecular complexity index is 765. The minimum Gasteiger partial charge on any atom is -0.480 e. The number of carbonyl (C=O) groups excluding carboxylic acids is 1. The van der Waals surface area contributed by atoms with Gasteiger partial charge in [-0.2, -0.15) is 0 Å². The maximum absolute atomic E-state index is 12.6. The molecule has 1 unspecified atom stereocenters. The molecule has 0 bridgehead atoms. The van der Waals surface area contributed by atoms with E-state index in [4.69, 9.17) is 10.8 Å². The van der Waals surface area contributed by atoms with Crippen molar-refractivity contribution in [2.24, 2.45) is 20.9 Å². The van der Waals surface area contributed by atoms with Crippen molar-refractivity contribution in [3.8, 4) is 0 Å². The molecule has 11 nitrogen and oxygen atoms in total. The van der Waals surface area contributed by atoms with E-state index in [1.165, 1.54) is 18.9 Å². The van der Waals surface area contributed by atoms with Crippen molar-refractivity contribution >= 4 is 58.0 Å². The Kier molecular flexibility index (Phi) is 6.85. The number of rotatable bonds is 7. The molecule has 2 rings (SSSR count). The quantitative estimate of drug-likeness (QED) is 0.304. The number of nitrogens with two attached hydrogens (primary N) is 1. The van der Waals surface area contributed by atoms with Gasteiger partial charge in [-0.05, 0) is 5.57 Å². The number of thioether (sulfide) groups is 2. The number of amidine groups is 1. The summed E-state index contributed by atoms with van der Waals surface area (Å²) in [6, 6.07) is -2.16. The Morgan fingerprint density at radius 3 is 2.63 bits per heavy atom. The molecule has 27 heavy (non-hydrogen) atoms. The third-order valence-electron chi connectivity index (χ3n) is 3.47. The van der Waals surface area contributed by atoms with Gasteiger partial charge < -0.3 is 26.1 Å². The van der Waals surface area contributed by atoms with Crippen molar-refractivity contribution in [1.29, 1.82) is 0 Å². The van der Waals surface area contributed by atoms with Gasteiger partial charge in [0.05, 0.1) is 0 Å². The van der Waals surface area contributed by atoms with Gasteiger partial charge in [0, 0.05) is 11.5 Å². The van der Waals surface area contributed by atoms with Crippen LogP contribution in [0.3, 0.4) is 0 Å².